The molecule has 0 radical (unpaired) electrons. The Kier molecular flexibility index (Phi) is 2.55. The van der Waals surface area contributed by atoms with E-state index < -0.39 is 17.7 Å². The summed E-state index contributed by atoms with van der Waals surface area (Å²) in [4.78, 5) is 11.0. The Bertz CT molecular complexity index is 295. The highest BCUT2D eigenvalue weighted by atomic mass is 19.4. The van der Waals surface area contributed by atoms with Gasteiger partial charge in [0.1, 0.15) is 0 Å². The van der Waals surface area contributed by atoms with E-state index in [9.17, 15) is 18.0 Å². The van der Waals surface area contributed by atoms with Gasteiger partial charge in [0, 0.05) is 0 Å². The van der Waals surface area contributed by atoms with Gasteiger partial charge in [-0.25, -0.2) is 4.79 Å². The number of rotatable bonds is 1. The van der Waals surface area contributed by atoms with Crippen molar-refractivity contribution in [1.29, 1.82) is 0 Å². The van der Waals surface area contributed by atoms with E-state index in [4.69, 9.17) is 0 Å². The van der Waals surface area contributed by atoms with Gasteiger partial charge in [0.25, 0.3) is 5.54 Å². The second kappa shape index (κ2) is 3.36. The van der Waals surface area contributed by atoms with Gasteiger partial charge >= 0.3 is 12.1 Å². The van der Waals surface area contributed by atoms with E-state index in [1.165, 1.54) is 6.08 Å². The maximum atomic E-state index is 12.6. The second-order valence-electron chi connectivity index (χ2n) is 2.66. The lowest BCUT2D eigenvalue weighted by Gasteiger charge is -2.31. The molecule has 0 aromatic rings. The van der Waals surface area contributed by atoms with Gasteiger partial charge in [0.2, 0.25) is 0 Å². The van der Waals surface area contributed by atoms with Crippen molar-refractivity contribution in [3.05, 3.63) is 24.4 Å². The van der Waals surface area contributed by atoms with Gasteiger partial charge in [0.15, 0.2) is 0 Å². The monoisotopic (exact) mass is 207 g/mol. The summed E-state index contributed by atoms with van der Waals surface area (Å²) in [6, 6.07) is 0. The molecule has 0 saturated carbocycles. The molecule has 1 unspecified atom stereocenters. The molecule has 1 N–H and O–H groups in total. The molecule has 1 heterocycles. The lowest BCUT2D eigenvalue weighted by atomic mass is 9.96. The molecule has 78 valence electrons. The van der Waals surface area contributed by atoms with Crippen LogP contribution >= 0.6 is 0 Å². The largest absolute Gasteiger partial charge is 0.467 e. The van der Waals surface area contributed by atoms with E-state index >= 15 is 0 Å². The van der Waals surface area contributed by atoms with Crippen molar-refractivity contribution in [3.63, 3.8) is 0 Å². The van der Waals surface area contributed by atoms with Gasteiger partial charge in [-0.2, -0.15) is 13.2 Å². The summed E-state index contributed by atoms with van der Waals surface area (Å²) in [7, 11) is 0.906. The molecule has 0 saturated heterocycles. The fraction of sp³-hybridized carbons (Fsp3) is 0.375. The summed E-state index contributed by atoms with van der Waals surface area (Å²) in [5.74, 6) is -1.38. The molecule has 0 aromatic carbocycles. The summed E-state index contributed by atoms with van der Waals surface area (Å²) in [6.07, 6.45) is -0.474. The smallest absolute Gasteiger partial charge is 0.426 e. The third-order valence-electron chi connectivity index (χ3n) is 1.82. The fourth-order valence-electron chi connectivity index (χ4n) is 1.06. The van der Waals surface area contributed by atoms with Crippen molar-refractivity contribution >= 4 is 5.97 Å². The van der Waals surface area contributed by atoms with Crippen LogP contribution in [0.1, 0.15) is 0 Å². The molecule has 0 aliphatic carbocycles. The Morgan fingerprint density at radius 3 is 2.43 bits per heavy atom. The highest BCUT2D eigenvalue weighted by molar-refractivity contribution is 5.85. The number of carbonyl (C=O) groups excluding carboxylic acids is 1. The Morgan fingerprint density at radius 1 is 1.43 bits per heavy atom. The first-order valence-electron chi connectivity index (χ1n) is 3.71. The number of halogens is 3. The zero-order valence-corrected chi connectivity index (χ0v) is 7.26. The van der Waals surface area contributed by atoms with E-state index in [-0.39, 0.29) is 0 Å². The molecule has 1 rings (SSSR count). The number of allylic oxidation sites excluding steroid dienone is 2. The van der Waals surface area contributed by atoms with Gasteiger partial charge in [-0.3, -0.25) is 0 Å². The van der Waals surface area contributed by atoms with Crippen molar-refractivity contribution < 1.29 is 22.7 Å². The van der Waals surface area contributed by atoms with Crippen molar-refractivity contribution in [1.82, 2.24) is 5.32 Å². The Balaban J connectivity index is 3.10. The summed E-state index contributed by atoms with van der Waals surface area (Å²) in [5, 5.41) is 1.96. The van der Waals surface area contributed by atoms with Crippen LogP contribution in [-0.2, 0) is 9.53 Å². The molecule has 0 aromatic heterocycles. The van der Waals surface area contributed by atoms with Crippen molar-refractivity contribution in [3.8, 4) is 0 Å². The minimum atomic E-state index is -4.73. The zero-order chi connectivity index (χ0) is 10.8. The van der Waals surface area contributed by atoms with Crippen LogP contribution in [0, 0.1) is 0 Å². The number of hydrogen-bond donors (Lipinski definition) is 1. The first-order valence-corrected chi connectivity index (χ1v) is 3.71. The van der Waals surface area contributed by atoms with E-state index in [1.807, 2.05) is 5.32 Å². The Labute approximate surface area is 78.2 Å². The average Bonchev–Trinajstić information content (AvgIpc) is 2.16. The maximum absolute atomic E-state index is 12.6. The van der Waals surface area contributed by atoms with E-state index in [0.717, 1.165) is 25.5 Å². The number of nitrogens with one attached hydrogen (secondary N) is 1. The van der Waals surface area contributed by atoms with E-state index in [0.29, 0.717) is 0 Å². The molecular weight excluding hydrogens is 199 g/mol. The van der Waals surface area contributed by atoms with Crippen molar-refractivity contribution in [2.24, 2.45) is 0 Å². The molecule has 0 bridgehead atoms. The number of esters is 1. The minimum Gasteiger partial charge on any atom is -0.467 e. The highest BCUT2D eigenvalue weighted by Gasteiger charge is 2.60. The summed E-state index contributed by atoms with van der Waals surface area (Å²) >= 11 is 0. The first kappa shape index (κ1) is 10.6. The predicted molar refractivity (Wildman–Crippen MR) is 42.2 cm³/mol. The standard InChI is InChI=1S/C8H8F3NO2/c1-14-6(13)7(8(9,10)11)4-2-3-5-12-7/h2-5,12H,1H3. The lowest BCUT2D eigenvalue weighted by molar-refractivity contribution is -0.198. The van der Waals surface area contributed by atoms with E-state index in [1.54, 1.807) is 0 Å². The van der Waals surface area contributed by atoms with Crippen LogP contribution in [0.4, 0.5) is 13.2 Å². The first-order chi connectivity index (χ1) is 6.44. The third kappa shape index (κ3) is 1.47. The highest BCUT2D eigenvalue weighted by Crippen LogP contribution is 2.33. The predicted octanol–water partition coefficient (Wildman–Crippen LogP) is 1.13. The molecule has 3 nitrogen and oxygen atoms in total. The topological polar surface area (TPSA) is 38.3 Å². The summed E-state index contributed by atoms with van der Waals surface area (Å²) < 4.78 is 41.9. The number of hydrogen-bond acceptors (Lipinski definition) is 3. The van der Waals surface area contributed by atoms with Crippen LogP contribution < -0.4 is 5.32 Å². The number of carbonyl (C=O) groups is 1. The van der Waals surface area contributed by atoms with Crippen LogP contribution in [0.3, 0.4) is 0 Å². The van der Waals surface area contributed by atoms with E-state index in [2.05, 4.69) is 4.74 Å². The molecular formula is C8H8F3NO2. The molecule has 6 heteroatoms. The number of dihydropyridines is 1. The van der Waals surface area contributed by atoms with Crippen LogP contribution in [0.5, 0.6) is 0 Å². The Morgan fingerprint density at radius 2 is 2.07 bits per heavy atom. The Hall–Kier alpha value is -1.46. The zero-order valence-electron chi connectivity index (χ0n) is 7.26. The van der Waals surface area contributed by atoms with Crippen molar-refractivity contribution in [2.75, 3.05) is 7.11 Å². The summed E-state index contributed by atoms with van der Waals surface area (Å²) in [6.45, 7) is 0. The molecule has 0 spiro atoms. The van der Waals surface area contributed by atoms with Crippen LogP contribution in [0.15, 0.2) is 24.4 Å². The fourth-order valence-corrected chi connectivity index (χ4v) is 1.06. The molecule has 0 amide bonds. The van der Waals surface area contributed by atoms with Crippen LogP contribution in [0.25, 0.3) is 0 Å². The quantitative estimate of drug-likeness (QED) is 0.655. The average molecular weight is 207 g/mol. The minimum absolute atomic E-state index is 0.721. The molecule has 1 aliphatic heterocycles. The van der Waals surface area contributed by atoms with Gasteiger partial charge in [-0.1, -0.05) is 6.08 Å². The lowest BCUT2D eigenvalue weighted by Crippen LogP contribution is -2.60. The third-order valence-corrected chi connectivity index (χ3v) is 1.82. The molecule has 14 heavy (non-hydrogen) atoms. The SMILES string of the molecule is COC(=O)C1(C(F)(F)F)C=CC=CN1. The van der Waals surface area contributed by atoms with Crippen molar-refractivity contribution in [2.45, 2.75) is 11.7 Å². The number of alkyl halides is 3. The number of ether oxygens (including phenoxy) is 1. The molecule has 1 aliphatic rings. The van der Waals surface area contributed by atoms with Gasteiger partial charge in [0.05, 0.1) is 7.11 Å². The normalized spacial score (nSPS) is 25.7. The molecule has 1 atom stereocenters. The second-order valence-corrected chi connectivity index (χ2v) is 2.66. The maximum Gasteiger partial charge on any atom is 0.426 e. The van der Waals surface area contributed by atoms with Crippen LogP contribution in [-0.4, -0.2) is 24.8 Å². The van der Waals surface area contributed by atoms with Gasteiger partial charge in [-0.15, -0.1) is 0 Å². The van der Waals surface area contributed by atoms with Gasteiger partial charge < -0.3 is 10.1 Å². The summed E-state index contributed by atoms with van der Waals surface area (Å²) in [5.41, 5.74) is -2.75. The number of methoxy groups -OCH3 is 1. The molecule has 0 fully saturated rings. The van der Waals surface area contributed by atoms with Gasteiger partial charge in [-0.05, 0) is 18.4 Å². The van der Waals surface area contributed by atoms with Crippen LogP contribution in [0.2, 0.25) is 0 Å².